The van der Waals surface area contributed by atoms with Crippen LogP contribution in [0.15, 0.2) is 23.1 Å². The van der Waals surface area contributed by atoms with Gasteiger partial charge in [0.05, 0.1) is 5.02 Å². The zero-order valence-corrected chi connectivity index (χ0v) is 13.6. The number of nitrogens with zero attached hydrogens (tertiary/aromatic N) is 1. The lowest BCUT2D eigenvalue weighted by atomic mass is 10.2. The Morgan fingerprint density at radius 1 is 1.40 bits per heavy atom. The summed E-state index contributed by atoms with van der Waals surface area (Å²) in [7, 11) is -1.64. The average Bonchev–Trinajstić information content (AvgIpc) is 2.37. The zero-order valence-electron chi connectivity index (χ0n) is 12.1. The van der Waals surface area contributed by atoms with Crippen LogP contribution in [-0.4, -0.2) is 39.5 Å². The van der Waals surface area contributed by atoms with Crippen molar-refractivity contribution in [2.24, 2.45) is 5.73 Å². The Balaban J connectivity index is 2.74. The summed E-state index contributed by atoms with van der Waals surface area (Å²) in [5.41, 5.74) is 6.29. The van der Waals surface area contributed by atoms with Crippen LogP contribution in [0.5, 0.6) is 0 Å². The third-order valence-corrected chi connectivity index (χ3v) is 5.10. The van der Waals surface area contributed by atoms with Crippen molar-refractivity contribution in [3.63, 3.8) is 0 Å². The Labute approximate surface area is 126 Å². The molecule has 0 aliphatic heterocycles. The largest absolute Gasteiger partial charge is 0.326 e. The maximum Gasteiger partial charge on any atom is 0.242 e. The molecule has 0 saturated heterocycles. The Morgan fingerprint density at radius 3 is 2.55 bits per heavy atom. The molecule has 0 saturated carbocycles. The molecule has 7 heteroatoms. The van der Waals surface area contributed by atoms with Crippen LogP contribution in [-0.2, 0) is 16.6 Å². The minimum Gasteiger partial charge on any atom is -0.326 e. The van der Waals surface area contributed by atoms with Gasteiger partial charge < -0.3 is 10.6 Å². The minimum absolute atomic E-state index is 0.0866. The van der Waals surface area contributed by atoms with Crippen LogP contribution in [0.2, 0.25) is 5.02 Å². The molecule has 0 fully saturated rings. The van der Waals surface area contributed by atoms with Gasteiger partial charge >= 0.3 is 0 Å². The molecule has 1 aromatic carbocycles. The van der Waals surface area contributed by atoms with E-state index in [0.29, 0.717) is 25.7 Å². The van der Waals surface area contributed by atoms with Gasteiger partial charge in [-0.2, -0.15) is 0 Å². The van der Waals surface area contributed by atoms with Crippen LogP contribution >= 0.6 is 11.6 Å². The normalized spacial score (nSPS) is 12.3. The van der Waals surface area contributed by atoms with Crippen molar-refractivity contribution < 1.29 is 8.42 Å². The summed E-state index contributed by atoms with van der Waals surface area (Å²) in [6.07, 6.45) is 0. The standard InChI is InChI=1S/C13H22ClN3O2S/c1-10(2)17(3)7-6-16-20(18,19)13-5-4-11(9-15)8-12(13)14/h4-5,8,10,16H,6-7,9,15H2,1-3H3. The minimum atomic E-state index is -3.59. The lowest BCUT2D eigenvalue weighted by Crippen LogP contribution is -2.36. The van der Waals surface area contributed by atoms with Gasteiger partial charge in [-0.3, -0.25) is 0 Å². The summed E-state index contributed by atoms with van der Waals surface area (Å²) < 4.78 is 26.9. The summed E-state index contributed by atoms with van der Waals surface area (Å²) in [5, 5.41) is 0.192. The van der Waals surface area contributed by atoms with E-state index in [9.17, 15) is 8.42 Å². The number of hydrogen-bond acceptors (Lipinski definition) is 4. The molecule has 114 valence electrons. The molecule has 0 atom stereocenters. The van der Waals surface area contributed by atoms with Crippen molar-refractivity contribution in [3.8, 4) is 0 Å². The van der Waals surface area contributed by atoms with E-state index >= 15 is 0 Å². The van der Waals surface area contributed by atoms with Gasteiger partial charge in [0, 0.05) is 25.7 Å². The molecule has 0 bridgehead atoms. The highest BCUT2D eigenvalue weighted by molar-refractivity contribution is 7.89. The molecule has 0 amide bonds. The molecular weight excluding hydrogens is 298 g/mol. The van der Waals surface area contributed by atoms with Gasteiger partial charge in [0.2, 0.25) is 10.0 Å². The molecule has 0 radical (unpaired) electrons. The van der Waals surface area contributed by atoms with Crippen LogP contribution in [0.1, 0.15) is 19.4 Å². The van der Waals surface area contributed by atoms with Gasteiger partial charge in [-0.05, 0) is 38.6 Å². The maximum absolute atomic E-state index is 12.2. The third kappa shape index (κ3) is 4.71. The molecule has 5 nitrogen and oxygen atoms in total. The molecule has 0 heterocycles. The van der Waals surface area contributed by atoms with Gasteiger partial charge in [0.25, 0.3) is 0 Å². The topological polar surface area (TPSA) is 75.4 Å². The Bertz CT molecular complexity index is 547. The number of rotatable bonds is 7. The summed E-state index contributed by atoms with van der Waals surface area (Å²) >= 11 is 6.00. The zero-order chi connectivity index (χ0) is 15.3. The SMILES string of the molecule is CC(C)N(C)CCNS(=O)(=O)c1ccc(CN)cc1Cl. The van der Waals surface area contributed by atoms with E-state index in [1.165, 1.54) is 6.07 Å². The third-order valence-electron chi connectivity index (χ3n) is 3.16. The van der Waals surface area contributed by atoms with E-state index in [-0.39, 0.29) is 9.92 Å². The second kappa shape index (κ2) is 7.38. The highest BCUT2D eigenvalue weighted by Gasteiger charge is 2.17. The highest BCUT2D eigenvalue weighted by Crippen LogP contribution is 2.22. The Hall–Kier alpha value is -0.660. The second-order valence-electron chi connectivity index (χ2n) is 4.94. The molecule has 1 rings (SSSR count). The lowest BCUT2D eigenvalue weighted by molar-refractivity contribution is 0.278. The summed E-state index contributed by atoms with van der Waals surface area (Å²) in [5.74, 6) is 0. The molecule has 0 aliphatic rings. The van der Waals surface area contributed by atoms with Gasteiger partial charge in [0.1, 0.15) is 4.90 Å². The molecule has 20 heavy (non-hydrogen) atoms. The van der Waals surface area contributed by atoms with E-state index in [1.807, 2.05) is 7.05 Å². The lowest BCUT2D eigenvalue weighted by Gasteiger charge is -2.21. The molecule has 3 N–H and O–H groups in total. The average molecular weight is 320 g/mol. The summed E-state index contributed by atoms with van der Waals surface area (Å²) in [6, 6.07) is 5.10. The van der Waals surface area contributed by atoms with E-state index in [2.05, 4.69) is 23.5 Å². The highest BCUT2D eigenvalue weighted by atomic mass is 35.5. The number of nitrogens with one attached hydrogen (secondary N) is 1. The predicted molar refractivity (Wildman–Crippen MR) is 82.3 cm³/mol. The fourth-order valence-corrected chi connectivity index (χ4v) is 3.17. The molecule has 1 aromatic rings. The van der Waals surface area contributed by atoms with Gasteiger partial charge in [-0.15, -0.1) is 0 Å². The molecule has 0 aromatic heterocycles. The quantitative estimate of drug-likeness (QED) is 0.797. The smallest absolute Gasteiger partial charge is 0.242 e. The summed E-state index contributed by atoms with van der Waals surface area (Å²) in [6.45, 7) is 5.40. The number of benzene rings is 1. The number of sulfonamides is 1. The fraction of sp³-hybridized carbons (Fsp3) is 0.538. The first-order valence-corrected chi connectivity index (χ1v) is 8.32. The first-order valence-electron chi connectivity index (χ1n) is 6.46. The molecule has 0 unspecified atom stereocenters. The molecule has 0 aliphatic carbocycles. The van der Waals surface area contributed by atoms with E-state index in [1.54, 1.807) is 12.1 Å². The van der Waals surface area contributed by atoms with Crippen LogP contribution in [0.3, 0.4) is 0 Å². The molecular formula is C13H22ClN3O2S. The van der Waals surface area contributed by atoms with E-state index < -0.39 is 10.0 Å². The first-order chi connectivity index (χ1) is 9.27. The number of halogens is 1. The Morgan fingerprint density at radius 2 is 2.05 bits per heavy atom. The first kappa shape index (κ1) is 17.4. The Kier molecular flexibility index (Phi) is 6.42. The van der Waals surface area contributed by atoms with E-state index in [0.717, 1.165) is 5.56 Å². The van der Waals surface area contributed by atoms with Crippen LogP contribution in [0.25, 0.3) is 0 Å². The predicted octanol–water partition coefficient (Wildman–Crippen LogP) is 1.42. The van der Waals surface area contributed by atoms with Crippen LogP contribution in [0, 0.1) is 0 Å². The monoisotopic (exact) mass is 319 g/mol. The fourth-order valence-electron chi connectivity index (χ4n) is 1.58. The van der Waals surface area contributed by atoms with Crippen molar-refractivity contribution >= 4 is 21.6 Å². The van der Waals surface area contributed by atoms with Gasteiger partial charge in [-0.1, -0.05) is 17.7 Å². The number of hydrogen-bond donors (Lipinski definition) is 2. The number of likely N-dealkylation sites (N-methyl/N-ethyl adjacent to an activating group) is 1. The van der Waals surface area contributed by atoms with Crippen molar-refractivity contribution in [1.29, 1.82) is 0 Å². The number of nitrogens with two attached hydrogens (primary N) is 1. The van der Waals surface area contributed by atoms with Gasteiger partial charge in [0.15, 0.2) is 0 Å². The van der Waals surface area contributed by atoms with E-state index in [4.69, 9.17) is 17.3 Å². The van der Waals surface area contributed by atoms with Crippen molar-refractivity contribution in [2.75, 3.05) is 20.1 Å². The maximum atomic E-state index is 12.2. The second-order valence-corrected chi connectivity index (χ2v) is 7.08. The van der Waals surface area contributed by atoms with Crippen molar-refractivity contribution in [3.05, 3.63) is 28.8 Å². The molecule has 0 spiro atoms. The van der Waals surface area contributed by atoms with Gasteiger partial charge in [-0.25, -0.2) is 13.1 Å². The van der Waals surface area contributed by atoms with Crippen LogP contribution in [0.4, 0.5) is 0 Å². The van der Waals surface area contributed by atoms with Crippen LogP contribution < -0.4 is 10.5 Å². The summed E-state index contributed by atoms with van der Waals surface area (Å²) in [4.78, 5) is 2.14. The van der Waals surface area contributed by atoms with Crippen molar-refractivity contribution in [2.45, 2.75) is 31.3 Å². The van der Waals surface area contributed by atoms with Crippen molar-refractivity contribution in [1.82, 2.24) is 9.62 Å².